The third kappa shape index (κ3) is 1.75. The second-order valence-electron chi connectivity index (χ2n) is 1.56. The van der Waals surface area contributed by atoms with E-state index in [2.05, 4.69) is 4.74 Å². The maximum atomic E-state index is 8.97. The third-order valence-electron chi connectivity index (χ3n) is 1.02. The molecule has 0 radical (unpaired) electrons. The van der Waals surface area contributed by atoms with Gasteiger partial charge in [-0.05, 0) is 0 Å². The van der Waals surface area contributed by atoms with Crippen LogP contribution in [0.25, 0.3) is 0 Å². The Morgan fingerprint density at radius 2 is 1.88 bits per heavy atom. The van der Waals surface area contributed by atoms with Gasteiger partial charge in [0, 0.05) is 20.2 Å². The first kappa shape index (κ1) is 7.84. The zero-order valence-corrected chi connectivity index (χ0v) is 4.92. The summed E-state index contributed by atoms with van der Waals surface area (Å²) in [4.78, 5) is 0. The van der Waals surface area contributed by atoms with E-state index >= 15 is 0 Å². The molecule has 4 heteroatoms. The van der Waals surface area contributed by atoms with Crippen LogP contribution in [0, 0.1) is 0 Å². The molecule has 50 valence electrons. The van der Waals surface area contributed by atoms with Crippen molar-refractivity contribution < 1.29 is 9.84 Å². The molecule has 5 N–H and O–H groups in total. The molecule has 0 saturated heterocycles. The molecule has 0 aromatic heterocycles. The maximum Gasteiger partial charge on any atom is 0.190 e. The average Bonchev–Trinajstić information content (AvgIpc) is 1.87. The van der Waals surface area contributed by atoms with E-state index in [4.69, 9.17) is 16.6 Å². The molecule has 4 nitrogen and oxygen atoms in total. The van der Waals surface area contributed by atoms with Crippen molar-refractivity contribution in [2.24, 2.45) is 11.5 Å². The van der Waals surface area contributed by atoms with Gasteiger partial charge in [-0.25, -0.2) is 0 Å². The molecule has 0 aromatic carbocycles. The summed E-state index contributed by atoms with van der Waals surface area (Å²) in [5, 5.41) is 8.97. The van der Waals surface area contributed by atoms with Gasteiger partial charge in [0.25, 0.3) is 0 Å². The average molecular weight is 120 g/mol. The molecule has 0 bridgehead atoms. The lowest BCUT2D eigenvalue weighted by molar-refractivity contribution is -0.168. The van der Waals surface area contributed by atoms with Crippen LogP contribution < -0.4 is 11.5 Å². The zero-order valence-electron chi connectivity index (χ0n) is 4.92. The van der Waals surface area contributed by atoms with E-state index in [1.54, 1.807) is 0 Å². The highest BCUT2D eigenvalue weighted by atomic mass is 16.6. The Morgan fingerprint density at radius 3 is 1.88 bits per heavy atom. The van der Waals surface area contributed by atoms with E-state index in [1.165, 1.54) is 7.11 Å². The molecule has 0 aromatic rings. The van der Waals surface area contributed by atoms with Crippen LogP contribution in [0.1, 0.15) is 0 Å². The zero-order chi connectivity index (χ0) is 6.62. The lowest BCUT2D eigenvalue weighted by atomic mass is 10.3. The summed E-state index contributed by atoms with van der Waals surface area (Å²) in [6.45, 7) is 0.0556. The van der Waals surface area contributed by atoms with Crippen LogP contribution in [-0.4, -0.2) is 31.1 Å². The van der Waals surface area contributed by atoms with Gasteiger partial charge in [-0.1, -0.05) is 0 Å². The number of rotatable bonds is 3. The van der Waals surface area contributed by atoms with Gasteiger partial charge in [-0.2, -0.15) is 0 Å². The maximum absolute atomic E-state index is 8.97. The molecule has 8 heavy (non-hydrogen) atoms. The summed E-state index contributed by atoms with van der Waals surface area (Å²) in [6.07, 6.45) is 0. The fraction of sp³-hybridized carbons (Fsp3) is 1.00. The van der Waals surface area contributed by atoms with Crippen molar-refractivity contribution in [3.8, 4) is 0 Å². The summed E-state index contributed by atoms with van der Waals surface area (Å²) >= 11 is 0. The third-order valence-corrected chi connectivity index (χ3v) is 1.02. The van der Waals surface area contributed by atoms with E-state index in [0.29, 0.717) is 0 Å². The lowest BCUT2D eigenvalue weighted by Gasteiger charge is -2.21. The summed E-state index contributed by atoms with van der Waals surface area (Å²) in [5.74, 6) is -1.32. The summed E-state index contributed by atoms with van der Waals surface area (Å²) < 4.78 is 4.54. The molecule has 0 unspecified atom stereocenters. The monoisotopic (exact) mass is 120 g/mol. The van der Waals surface area contributed by atoms with Gasteiger partial charge in [-0.3, -0.25) is 0 Å². The summed E-state index contributed by atoms with van der Waals surface area (Å²) in [7, 11) is 1.36. The molecule has 0 spiro atoms. The van der Waals surface area contributed by atoms with Crippen LogP contribution in [0.5, 0.6) is 0 Å². The molecule has 0 rings (SSSR count). The van der Waals surface area contributed by atoms with Crippen LogP contribution in [-0.2, 0) is 4.74 Å². The molecule has 0 aliphatic carbocycles. The number of methoxy groups -OCH3 is 1. The van der Waals surface area contributed by atoms with E-state index in [9.17, 15) is 0 Å². The molecule has 0 amide bonds. The highest BCUT2D eigenvalue weighted by Crippen LogP contribution is 1.97. The van der Waals surface area contributed by atoms with Crippen LogP contribution in [0.15, 0.2) is 0 Å². The first-order chi connectivity index (χ1) is 3.68. The number of hydrogen-bond donors (Lipinski definition) is 3. The molecule has 0 aliphatic rings. The molecule has 0 saturated carbocycles. The molecule has 0 aliphatic heterocycles. The Morgan fingerprint density at radius 1 is 1.50 bits per heavy atom. The van der Waals surface area contributed by atoms with Crippen molar-refractivity contribution in [3.63, 3.8) is 0 Å². The Hall–Kier alpha value is -0.160. The minimum Gasteiger partial charge on any atom is -0.363 e. The normalized spacial score (nSPS) is 12.0. The highest BCUT2D eigenvalue weighted by Gasteiger charge is 2.20. The van der Waals surface area contributed by atoms with Crippen LogP contribution in [0.2, 0.25) is 0 Å². The second-order valence-corrected chi connectivity index (χ2v) is 1.56. The Kier molecular flexibility index (Phi) is 2.93. The van der Waals surface area contributed by atoms with Gasteiger partial charge < -0.3 is 21.3 Å². The van der Waals surface area contributed by atoms with Crippen LogP contribution in [0.3, 0.4) is 0 Å². The van der Waals surface area contributed by atoms with E-state index in [1.807, 2.05) is 0 Å². The number of hydrogen-bond acceptors (Lipinski definition) is 4. The largest absolute Gasteiger partial charge is 0.363 e. The lowest BCUT2D eigenvalue weighted by Crippen LogP contribution is -2.46. The minimum absolute atomic E-state index is 0.0278. The van der Waals surface area contributed by atoms with Gasteiger partial charge in [0.2, 0.25) is 0 Å². The number of aliphatic hydroxyl groups is 1. The Labute approximate surface area is 48.4 Å². The van der Waals surface area contributed by atoms with Gasteiger partial charge >= 0.3 is 0 Å². The first-order valence-corrected chi connectivity index (χ1v) is 2.36. The van der Waals surface area contributed by atoms with Crippen molar-refractivity contribution in [2.45, 2.75) is 5.79 Å². The molecule has 0 fully saturated rings. The van der Waals surface area contributed by atoms with E-state index in [-0.39, 0.29) is 13.1 Å². The number of nitrogens with two attached hydrogens (primary N) is 2. The minimum atomic E-state index is -1.32. The topological polar surface area (TPSA) is 81.5 Å². The fourth-order valence-corrected chi connectivity index (χ4v) is 0.250. The van der Waals surface area contributed by atoms with E-state index in [0.717, 1.165) is 0 Å². The fourth-order valence-electron chi connectivity index (χ4n) is 0.250. The molecule has 0 atom stereocenters. The predicted molar refractivity (Wildman–Crippen MR) is 30.1 cm³/mol. The van der Waals surface area contributed by atoms with Gasteiger partial charge in [0.05, 0.1) is 0 Å². The first-order valence-electron chi connectivity index (χ1n) is 2.36. The standard InChI is InChI=1S/C4H12N2O2/c1-8-4(7,2-5)3-6/h7H,2-3,5-6H2,1H3. The number of ether oxygens (including phenoxy) is 1. The van der Waals surface area contributed by atoms with Crippen molar-refractivity contribution in [2.75, 3.05) is 20.2 Å². The van der Waals surface area contributed by atoms with Gasteiger partial charge in [-0.15, -0.1) is 0 Å². The van der Waals surface area contributed by atoms with Crippen molar-refractivity contribution in [1.29, 1.82) is 0 Å². The summed E-state index contributed by atoms with van der Waals surface area (Å²) in [6, 6.07) is 0. The van der Waals surface area contributed by atoms with Crippen molar-refractivity contribution in [1.82, 2.24) is 0 Å². The Bertz CT molecular complexity index is 54.8. The molecule has 0 heterocycles. The Balaban J connectivity index is 3.58. The van der Waals surface area contributed by atoms with Crippen LogP contribution in [0.4, 0.5) is 0 Å². The summed E-state index contributed by atoms with van der Waals surface area (Å²) in [5.41, 5.74) is 10.1. The molecular weight excluding hydrogens is 108 g/mol. The van der Waals surface area contributed by atoms with Gasteiger partial charge in [0.1, 0.15) is 0 Å². The SMILES string of the molecule is COC(O)(CN)CN. The smallest absolute Gasteiger partial charge is 0.190 e. The van der Waals surface area contributed by atoms with Crippen LogP contribution >= 0.6 is 0 Å². The quantitative estimate of drug-likeness (QED) is 0.385. The predicted octanol–water partition coefficient (Wildman–Crippen LogP) is -1.76. The van der Waals surface area contributed by atoms with Crippen molar-refractivity contribution >= 4 is 0 Å². The highest BCUT2D eigenvalue weighted by molar-refractivity contribution is 4.66. The van der Waals surface area contributed by atoms with Gasteiger partial charge in [0.15, 0.2) is 5.79 Å². The van der Waals surface area contributed by atoms with E-state index < -0.39 is 5.79 Å². The van der Waals surface area contributed by atoms with Crippen molar-refractivity contribution in [3.05, 3.63) is 0 Å². The molecular formula is C4H12N2O2. The second kappa shape index (κ2) is 2.99.